The van der Waals surface area contributed by atoms with Gasteiger partial charge in [-0.3, -0.25) is 48.7 Å². The maximum Gasteiger partial charge on any atom is 1.00 e. The molecule has 0 bridgehead atoms. The quantitative estimate of drug-likeness (QED) is 0.00741. The largest absolute Gasteiger partial charge is 1.00 e. The summed E-state index contributed by atoms with van der Waals surface area (Å²) in [6.07, 6.45) is 17.6. The zero-order valence-corrected chi connectivity index (χ0v) is 81.1. The van der Waals surface area contributed by atoms with Gasteiger partial charge in [0.1, 0.15) is 28.7 Å². The Hall–Kier alpha value is -12.8. The van der Waals surface area contributed by atoms with Crippen molar-refractivity contribution in [2.45, 2.75) is 152 Å². The van der Waals surface area contributed by atoms with E-state index in [-0.39, 0.29) is 110 Å². The molecule has 12 aromatic rings. The van der Waals surface area contributed by atoms with Crippen molar-refractivity contribution >= 4 is 67.6 Å². The van der Waals surface area contributed by atoms with Crippen LogP contribution in [-0.4, -0.2) is 172 Å². The van der Waals surface area contributed by atoms with Crippen molar-refractivity contribution < 1.29 is 148 Å². The number of aliphatic hydroxyl groups is 3. The normalized spacial score (nSPS) is 11.7. The minimum absolute atomic E-state index is 0. The molecular weight excluding hydrogens is 1800 g/mol. The van der Waals surface area contributed by atoms with E-state index < -0.39 is 45.7 Å². The monoisotopic (exact) mass is 1920 g/mol. The van der Waals surface area contributed by atoms with E-state index >= 15 is 0 Å². The predicted molar refractivity (Wildman–Crippen MR) is 525 cm³/mol. The molecule has 0 aliphatic carbocycles. The van der Waals surface area contributed by atoms with Gasteiger partial charge < -0.3 is 68.5 Å². The first-order valence-electron chi connectivity index (χ1n) is 42.9. The molecule has 0 atom stereocenters. The van der Waals surface area contributed by atoms with E-state index in [4.69, 9.17) is 52.7 Å². The van der Waals surface area contributed by atoms with Gasteiger partial charge in [0.2, 0.25) is 0 Å². The van der Waals surface area contributed by atoms with Crippen LogP contribution in [0.4, 0.5) is 13.2 Å². The summed E-state index contributed by atoms with van der Waals surface area (Å²) in [7, 11) is 0.198. The van der Waals surface area contributed by atoms with Gasteiger partial charge in [0.15, 0.2) is 12.6 Å². The van der Waals surface area contributed by atoms with Crippen molar-refractivity contribution in [3.05, 3.63) is 288 Å². The molecule has 4 aromatic heterocycles. The average molecular weight is 1920 g/mol. The molecule has 725 valence electrons. The fourth-order valence-corrected chi connectivity index (χ4v) is 14.4. The number of ether oxygens (including phenoxy) is 7. The van der Waals surface area contributed by atoms with Gasteiger partial charge in [0.25, 0.3) is 0 Å². The molecule has 0 spiro atoms. The van der Waals surface area contributed by atoms with Crippen molar-refractivity contribution in [3.8, 4) is 107 Å². The van der Waals surface area contributed by atoms with Crippen LogP contribution in [0.2, 0.25) is 0 Å². The molecule has 3 radical (unpaired) electrons. The minimum atomic E-state index is -5.78. The standard InChI is InChI=1S/C24H25NO4.C24H23NO4.C22H21NO4.C18H27BO5.C13H8F3NO4S.C2H6O.2CH4.B.Na.H/c2*1-3-29-24(27)11-7-18-14-21(28-2)8-10-22(18)17-6-9-23(20(13-17)16-26)19-5-4-12-25-15-19;1-27-19-6-8-20(16(12-19)5-9-22(25)26)15-4-7-21(18(11-15)14-24)17-3-2-10-23-13-17;1-7-22-16(20)11-8-13-12-14(21-6)9-10-15(13)19-23-17(2,3)18(4,5)24-19;14-13(15,16)22(19,20)21-11-3-4-12(10(6-11)8-18)9-2-1-5-17-7-9;1-2-3;;;;;/h4-6,8-10,12-15,26H,3,7,11,16H2,1-2H3;4-6,8-10,12-16H,3,7,11H2,1-2H3;2-4,6-8,10-13,24H,5,9,14H2,1H3,(H,25,26);9-10,12H,7-8,11H2,1-6H3;1-8H;3H,2H2,1H3;2*1H4;;;/q;;;;;;;;;+1;-1. The fraction of sp³-hybridized carbons (Fsp3) is 0.295. The van der Waals surface area contributed by atoms with Crippen molar-refractivity contribution in [2.75, 3.05) is 54.9 Å². The number of benzene rings is 8. The number of rotatable bonds is 33. The number of pyridine rings is 4. The van der Waals surface area contributed by atoms with E-state index in [1.54, 1.807) is 105 Å². The van der Waals surface area contributed by atoms with Crippen LogP contribution in [0.1, 0.15) is 151 Å². The summed E-state index contributed by atoms with van der Waals surface area (Å²) in [5, 5.41) is 36.4. The molecule has 4 N–H and O–H groups in total. The van der Waals surface area contributed by atoms with Crippen LogP contribution in [-0.2, 0) is 91.7 Å². The average Bonchev–Trinajstić information content (AvgIpc) is 1.61. The SMILES string of the molecule is C.C.CCO.CCOC(=O)CCc1cc(OC)ccc1-c1ccc(-c2cccnc2)c(C=O)c1.CCOC(=O)CCc1cc(OC)ccc1-c1ccc(-c2cccnc2)c(CO)c1.CCOC(=O)CCc1cc(OC)ccc1B1OC(C)(C)C(C)(C)O1.COc1ccc(-c2ccc(-c3cccnc3)c(CO)c2)c(CCC(=O)O)c1.O=Cc1cc(OS(=O)(=O)C(F)(F)F)ccc1-c1cccnc1.[B].[H-].[Na+]. The number of halogens is 3. The zero-order chi connectivity index (χ0) is 97.6. The fourth-order valence-electron chi connectivity index (χ4n) is 14.0. The number of aliphatic carboxylic acids is 1. The molecule has 0 amide bonds. The van der Waals surface area contributed by atoms with Crippen molar-refractivity contribution in [3.63, 3.8) is 0 Å². The summed E-state index contributed by atoms with van der Waals surface area (Å²) in [5.41, 5.74) is 12.7. The second-order valence-electron chi connectivity index (χ2n) is 30.6. The Balaban J connectivity index is 0.000000441. The van der Waals surface area contributed by atoms with Gasteiger partial charge in [-0.05, 0) is 285 Å². The van der Waals surface area contributed by atoms with Crippen LogP contribution in [0, 0.1) is 0 Å². The number of methoxy groups -OCH3 is 4. The van der Waals surface area contributed by atoms with E-state index in [9.17, 15) is 60.6 Å². The van der Waals surface area contributed by atoms with Gasteiger partial charge in [-0.25, -0.2) is 0 Å². The summed E-state index contributed by atoms with van der Waals surface area (Å²) in [5.74, 6) is 0.782. The summed E-state index contributed by atoms with van der Waals surface area (Å²) in [6.45, 7) is 16.4. The Morgan fingerprint density at radius 3 is 1.02 bits per heavy atom. The molecule has 0 saturated carbocycles. The Morgan fingerprint density at radius 2 is 0.703 bits per heavy atom. The second-order valence-corrected chi connectivity index (χ2v) is 32.2. The third-order valence-electron chi connectivity index (χ3n) is 21.3. The number of aromatic nitrogens is 4. The van der Waals surface area contributed by atoms with Crippen LogP contribution >= 0.6 is 0 Å². The number of aliphatic hydroxyl groups excluding tert-OH is 3. The Labute approximate surface area is 831 Å². The number of alkyl halides is 3. The van der Waals surface area contributed by atoms with Gasteiger partial charge in [0, 0.05) is 124 Å². The number of carboxylic acid groups (broad SMARTS) is 1. The van der Waals surface area contributed by atoms with E-state index in [0.29, 0.717) is 87.1 Å². The molecule has 26 nitrogen and oxygen atoms in total. The van der Waals surface area contributed by atoms with Crippen LogP contribution in [0.25, 0.3) is 77.9 Å². The molecule has 1 aliphatic rings. The van der Waals surface area contributed by atoms with Crippen LogP contribution in [0.3, 0.4) is 0 Å². The molecule has 33 heteroatoms. The molecule has 8 aromatic carbocycles. The maximum atomic E-state index is 12.3. The first-order valence-corrected chi connectivity index (χ1v) is 44.3. The van der Waals surface area contributed by atoms with Gasteiger partial charge in [-0.15, -0.1) is 0 Å². The van der Waals surface area contributed by atoms with Gasteiger partial charge in [-0.2, -0.15) is 21.6 Å². The first-order chi connectivity index (χ1) is 64.3. The Kier molecular flexibility index (Phi) is 49.5. The Morgan fingerprint density at radius 1 is 0.413 bits per heavy atom. The van der Waals surface area contributed by atoms with E-state index in [1.807, 2.05) is 191 Å². The number of nitrogens with zero attached hydrogens (tertiary/aromatic N) is 4. The smallest absolute Gasteiger partial charge is 1.00 e. The number of hydrogen-bond acceptors (Lipinski definition) is 25. The van der Waals surface area contributed by atoms with Gasteiger partial charge in [-0.1, -0.05) is 99.8 Å². The molecule has 13 rings (SSSR count). The van der Waals surface area contributed by atoms with Crippen LogP contribution < -0.4 is 58.2 Å². The number of carbonyl (C=O) groups is 6. The van der Waals surface area contributed by atoms with Crippen LogP contribution in [0.5, 0.6) is 28.7 Å². The molecular formula is C105H119B2F3N4NaO22S. The summed E-state index contributed by atoms with van der Waals surface area (Å²) < 4.78 is 111. The number of carboxylic acids is 1. The molecule has 1 fully saturated rings. The summed E-state index contributed by atoms with van der Waals surface area (Å²) in [6, 6.07) is 58.5. The first kappa shape index (κ1) is 118. The number of aryl methyl sites for hydroxylation is 4. The van der Waals surface area contributed by atoms with E-state index in [2.05, 4.69) is 24.1 Å². The summed E-state index contributed by atoms with van der Waals surface area (Å²) in [4.78, 5) is 85.5. The number of carbonyl (C=O) groups excluding carboxylic acids is 5. The number of hydrogen-bond donors (Lipinski definition) is 4. The zero-order valence-electron chi connectivity index (χ0n) is 79.3. The van der Waals surface area contributed by atoms with Gasteiger partial charge in [0.05, 0.1) is 72.7 Å². The van der Waals surface area contributed by atoms with Crippen molar-refractivity contribution in [1.29, 1.82) is 0 Å². The number of aldehydes is 2. The molecule has 0 unspecified atom stereocenters. The predicted octanol–water partition coefficient (Wildman–Crippen LogP) is 16.4. The number of esters is 3. The second kappa shape index (κ2) is 58.1. The van der Waals surface area contributed by atoms with Crippen molar-refractivity contribution in [1.82, 2.24) is 19.9 Å². The maximum absolute atomic E-state index is 12.3. The minimum Gasteiger partial charge on any atom is -1.00 e. The van der Waals surface area contributed by atoms with E-state index in [1.165, 1.54) is 18.5 Å². The molecule has 5 heterocycles. The van der Waals surface area contributed by atoms with Crippen molar-refractivity contribution in [2.24, 2.45) is 0 Å². The van der Waals surface area contributed by atoms with Gasteiger partial charge >= 0.3 is 76.2 Å². The van der Waals surface area contributed by atoms with E-state index in [0.717, 1.165) is 141 Å². The summed E-state index contributed by atoms with van der Waals surface area (Å²) >= 11 is 0. The third kappa shape index (κ3) is 33.9. The Bertz CT molecular complexity index is 6010. The molecule has 1 saturated heterocycles. The van der Waals surface area contributed by atoms with Crippen LogP contribution in [0.15, 0.2) is 244 Å². The topological polar surface area (TPSA) is 361 Å². The third-order valence-corrected chi connectivity index (χ3v) is 22.3. The molecule has 138 heavy (non-hydrogen) atoms. The molecule has 1 aliphatic heterocycles.